The lowest BCUT2D eigenvalue weighted by molar-refractivity contribution is 0.300. The standard InChI is InChI=1S/C13H22FN3O2S/c1-3-17(4-2)9-5-8-16-20(18,19)11-6-7-12(14)13(15)10-11/h6-7,10,16H,3-5,8-9,15H2,1-2H3. The molecule has 0 fully saturated rings. The fourth-order valence-electron chi connectivity index (χ4n) is 1.82. The molecule has 0 aromatic heterocycles. The third-order valence-electron chi connectivity index (χ3n) is 3.12. The van der Waals surface area contributed by atoms with Crippen molar-refractivity contribution in [2.45, 2.75) is 25.2 Å². The normalized spacial score (nSPS) is 12.0. The number of nitrogens with one attached hydrogen (secondary N) is 1. The van der Waals surface area contributed by atoms with Crippen LogP contribution in [0.15, 0.2) is 23.1 Å². The molecule has 1 rings (SSSR count). The number of rotatable bonds is 8. The van der Waals surface area contributed by atoms with Gasteiger partial charge in [0.25, 0.3) is 0 Å². The Balaban J connectivity index is 2.55. The van der Waals surface area contributed by atoms with Crippen LogP contribution in [0.5, 0.6) is 0 Å². The third kappa shape index (κ3) is 4.73. The van der Waals surface area contributed by atoms with Crippen LogP contribution < -0.4 is 10.5 Å². The largest absolute Gasteiger partial charge is 0.396 e. The topological polar surface area (TPSA) is 75.4 Å². The van der Waals surface area contributed by atoms with E-state index in [4.69, 9.17) is 5.73 Å². The van der Waals surface area contributed by atoms with Crippen molar-refractivity contribution in [3.63, 3.8) is 0 Å². The second kappa shape index (κ2) is 7.56. The minimum absolute atomic E-state index is 0.0146. The van der Waals surface area contributed by atoms with Crippen molar-refractivity contribution >= 4 is 15.7 Å². The maximum absolute atomic E-state index is 13.0. The molecule has 0 amide bonds. The zero-order chi connectivity index (χ0) is 15.2. The Kier molecular flexibility index (Phi) is 6.38. The predicted octanol–water partition coefficient (Wildman–Crippen LogP) is 1.42. The monoisotopic (exact) mass is 303 g/mol. The first-order chi connectivity index (χ1) is 9.40. The number of sulfonamides is 1. The quantitative estimate of drug-likeness (QED) is 0.562. The fourth-order valence-corrected chi connectivity index (χ4v) is 2.93. The van der Waals surface area contributed by atoms with Crippen LogP contribution in [0.3, 0.4) is 0 Å². The van der Waals surface area contributed by atoms with Crippen LogP contribution in [0.2, 0.25) is 0 Å². The summed E-state index contributed by atoms with van der Waals surface area (Å²) in [5.74, 6) is -0.620. The molecule has 5 nitrogen and oxygen atoms in total. The lowest BCUT2D eigenvalue weighted by Gasteiger charge is -2.17. The van der Waals surface area contributed by atoms with Gasteiger partial charge in [-0.3, -0.25) is 0 Å². The molecule has 0 bridgehead atoms. The number of benzene rings is 1. The maximum Gasteiger partial charge on any atom is 0.240 e. The van der Waals surface area contributed by atoms with E-state index in [-0.39, 0.29) is 10.6 Å². The molecule has 0 saturated heterocycles. The molecule has 0 unspecified atom stereocenters. The third-order valence-corrected chi connectivity index (χ3v) is 4.57. The summed E-state index contributed by atoms with van der Waals surface area (Å²) >= 11 is 0. The van der Waals surface area contributed by atoms with E-state index in [1.807, 2.05) is 0 Å². The molecule has 0 aliphatic heterocycles. The van der Waals surface area contributed by atoms with Crippen molar-refractivity contribution in [2.24, 2.45) is 0 Å². The lowest BCUT2D eigenvalue weighted by Crippen LogP contribution is -2.30. The molecule has 1 aromatic rings. The Labute approximate surface area is 120 Å². The van der Waals surface area contributed by atoms with E-state index in [9.17, 15) is 12.8 Å². The first-order valence-electron chi connectivity index (χ1n) is 6.67. The summed E-state index contributed by atoms with van der Waals surface area (Å²) in [4.78, 5) is 2.20. The van der Waals surface area contributed by atoms with Gasteiger partial charge >= 0.3 is 0 Å². The first kappa shape index (κ1) is 16.9. The predicted molar refractivity (Wildman–Crippen MR) is 78.4 cm³/mol. The summed E-state index contributed by atoms with van der Waals surface area (Å²) in [6, 6.07) is 3.39. The molecule has 0 saturated carbocycles. The zero-order valence-corrected chi connectivity index (χ0v) is 12.7. The van der Waals surface area contributed by atoms with E-state index < -0.39 is 15.8 Å². The molecular formula is C13H22FN3O2S. The SMILES string of the molecule is CCN(CC)CCCNS(=O)(=O)c1ccc(F)c(N)c1. The average Bonchev–Trinajstić information content (AvgIpc) is 2.42. The van der Waals surface area contributed by atoms with E-state index in [0.717, 1.165) is 38.2 Å². The van der Waals surface area contributed by atoms with E-state index in [0.29, 0.717) is 6.54 Å². The molecule has 1 aromatic carbocycles. The number of hydrogen-bond donors (Lipinski definition) is 2. The fraction of sp³-hybridized carbons (Fsp3) is 0.538. The number of nitrogens with zero attached hydrogens (tertiary/aromatic N) is 1. The van der Waals surface area contributed by atoms with Gasteiger partial charge in [-0.25, -0.2) is 17.5 Å². The van der Waals surface area contributed by atoms with E-state index in [2.05, 4.69) is 23.5 Å². The van der Waals surface area contributed by atoms with Crippen molar-refractivity contribution < 1.29 is 12.8 Å². The highest BCUT2D eigenvalue weighted by molar-refractivity contribution is 7.89. The lowest BCUT2D eigenvalue weighted by atomic mass is 10.3. The smallest absolute Gasteiger partial charge is 0.240 e. The van der Waals surface area contributed by atoms with E-state index >= 15 is 0 Å². The molecule has 0 atom stereocenters. The highest BCUT2D eigenvalue weighted by atomic mass is 32.2. The van der Waals surface area contributed by atoms with Gasteiger partial charge in [0.15, 0.2) is 0 Å². The zero-order valence-electron chi connectivity index (χ0n) is 11.9. The van der Waals surface area contributed by atoms with Crippen molar-refractivity contribution in [1.82, 2.24) is 9.62 Å². The Morgan fingerprint density at radius 1 is 1.30 bits per heavy atom. The maximum atomic E-state index is 13.0. The van der Waals surface area contributed by atoms with Gasteiger partial charge in [-0.15, -0.1) is 0 Å². The van der Waals surface area contributed by atoms with Crippen LogP contribution in [0.25, 0.3) is 0 Å². The Morgan fingerprint density at radius 2 is 1.95 bits per heavy atom. The summed E-state index contributed by atoms with van der Waals surface area (Å²) in [6.07, 6.45) is 0.720. The number of nitrogen functional groups attached to an aromatic ring is 1. The van der Waals surface area contributed by atoms with E-state index in [1.165, 1.54) is 6.07 Å². The highest BCUT2D eigenvalue weighted by Gasteiger charge is 2.14. The highest BCUT2D eigenvalue weighted by Crippen LogP contribution is 2.16. The summed E-state index contributed by atoms with van der Waals surface area (Å²) < 4.78 is 39.5. The van der Waals surface area contributed by atoms with Crippen LogP contribution in [0.4, 0.5) is 10.1 Å². The van der Waals surface area contributed by atoms with Crippen LogP contribution >= 0.6 is 0 Å². The first-order valence-corrected chi connectivity index (χ1v) is 8.16. The summed E-state index contributed by atoms with van der Waals surface area (Å²) in [5, 5.41) is 0. The molecule has 114 valence electrons. The van der Waals surface area contributed by atoms with Crippen LogP contribution in [0, 0.1) is 5.82 Å². The molecule has 0 aliphatic rings. The van der Waals surface area contributed by atoms with Gasteiger partial charge in [-0.05, 0) is 44.3 Å². The van der Waals surface area contributed by atoms with Crippen LogP contribution in [-0.2, 0) is 10.0 Å². The minimum atomic E-state index is -3.63. The molecule has 3 N–H and O–H groups in total. The number of nitrogens with two attached hydrogens (primary N) is 1. The molecule has 0 radical (unpaired) electrons. The van der Waals surface area contributed by atoms with Gasteiger partial charge in [-0.2, -0.15) is 0 Å². The Hall–Kier alpha value is -1.18. The summed E-state index contributed by atoms with van der Waals surface area (Å²) in [7, 11) is -3.63. The van der Waals surface area contributed by atoms with Gasteiger partial charge in [0, 0.05) is 6.54 Å². The number of hydrogen-bond acceptors (Lipinski definition) is 4. The van der Waals surface area contributed by atoms with Gasteiger partial charge in [-0.1, -0.05) is 13.8 Å². The molecule has 7 heteroatoms. The second-order valence-corrected chi connectivity index (χ2v) is 6.23. The number of anilines is 1. The minimum Gasteiger partial charge on any atom is -0.396 e. The molecule has 20 heavy (non-hydrogen) atoms. The Bertz CT molecular complexity index is 530. The second-order valence-electron chi connectivity index (χ2n) is 4.46. The van der Waals surface area contributed by atoms with Crippen molar-refractivity contribution in [3.8, 4) is 0 Å². The number of halogens is 1. The van der Waals surface area contributed by atoms with Crippen molar-refractivity contribution in [1.29, 1.82) is 0 Å². The van der Waals surface area contributed by atoms with Crippen molar-refractivity contribution in [3.05, 3.63) is 24.0 Å². The van der Waals surface area contributed by atoms with Gasteiger partial charge < -0.3 is 10.6 Å². The van der Waals surface area contributed by atoms with Crippen molar-refractivity contribution in [2.75, 3.05) is 31.9 Å². The molecule has 0 aliphatic carbocycles. The van der Waals surface area contributed by atoms with Gasteiger partial charge in [0.2, 0.25) is 10.0 Å². The molecular weight excluding hydrogens is 281 g/mol. The van der Waals surface area contributed by atoms with Crippen LogP contribution in [0.1, 0.15) is 20.3 Å². The molecule has 0 spiro atoms. The summed E-state index contributed by atoms with van der Waals surface area (Å²) in [5.41, 5.74) is 5.20. The van der Waals surface area contributed by atoms with Gasteiger partial charge in [0.1, 0.15) is 5.82 Å². The van der Waals surface area contributed by atoms with Crippen LogP contribution in [-0.4, -0.2) is 39.5 Å². The summed E-state index contributed by atoms with van der Waals surface area (Å²) in [6.45, 7) is 7.19. The average molecular weight is 303 g/mol. The van der Waals surface area contributed by atoms with E-state index in [1.54, 1.807) is 0 Å². The molecule has 0 heterocycles. The Morgan fingerprint density at radius 3 is 2.50 bits per heavy atom. The van der Waals surface area contributed by atoms with Gasteiger partial charge in [0.05, 0.1) is 10.6 Å².